The summed E-state index contributed by atoms with van der Waals surface area (Å²) < 4.78 is 1.94. The van der Waals surface area contributed by atoms with Crippen LogP contribution in [0.2, 0.25) is 0 Å². The number of nitrogens with zero attached hydrogens (tertiary/aromatic N) is 5. The molecule has 5 rings (SSSR count). The predicted octanol–water partition coefficient (Wildman–Crippen LogP) is 4.15. The minimum Gasteiger partial charge on any atom is -0.351 e. The summed E-state index contributed by atoms with van der Waals surface area (Å²) in [6.45, 7) is 4.37. The number of hydrogen-bond acceptors (Lipinski definition) is 5. The second-order valence-electron chi connectivity index (χ2n) is 8.45. The maximum atomic E-state index is 4.79. The maximum Gasteiger partial charge on any atom is 0.223 e. The van der Waals surface area contributed by atoms with Gasteiger partial charge in [0, 0.05) is 36.4 Å². The van der Waals surface area contributed by atoms with Gasteiger partial charge < -0.3 is 5.32 Å². The first kappa shape index (κ1) is 16.7. The summed E-state index contributed by atoms with van der Waals surface area (Å²) in [6, 6.07) is 4.65. The molecule has 2 fully saturated rings. The van der Waals surface area contributed by atoms with Gasteiger partial charge in [0.05, 0.1) is 11.4 Å². The van der Waals surface area contributed by atoms with Crippen LogP contribution in [0.25, 0.3) is 22.3 Å². The fourth-order valence-electron chi connectivity index (χ4n) is 5.10. The number of pyridine rings is 1. The molecule has 2 saturated carbocycles. The van der Waals surface area contributed by atoms with E-state index in [4.69, 9.17) is 4.98 Å². The van der Waals surface area contributed by atoms with Crippen LogP contribution in [0.3, 0.4) is 0 Å². The van der Waals surface area contributed by atoms with Crippen LogP contribution in [-0.2, 0) is 7.05 Å². The van der Waals surface area contributed by atoms with E-state index in [0.717, 1.165) is 40.1 Å². The van der Waals surface area contributed by atoms with Gasteiger partial charge >= 0.3 is 0 Å². The Kier molecular flexibility index (Phi) is 3.88. The third kappa shape index (κ3) is 2.87. The molecule has 6 heteroatoms. The molecule has 0 spiro atoms. The lowest BCUT2D eigenvalue weighted by molar-refractivity contribution is 0.438. The van der Waals surface area contributed by atoms with Crippen molar-refractivity contribution in [2.75, 3.05) is 5.32 Å². The number of rotatable bonds is 4. The largest absolute Gasteiger partial charge is 0.351 e. The van der Waals surface area contributed by atoms with Gasteiger partial charge in [-0.05, 0) is 49.1 Å². The zero-order chi connectivity index (χ0) is 18.5. The van der Waals surface area contributed by atoms with Gasteiger partial charge in [-0.15, -0.1) is 0 Å². The Morgan fingerprint density at radius 1 is 1.19 bits per heavy atom. The minimum absolute atomic E-state index is 0.387. The van der Waals surface area contributed by atoms with Gasteiger partial charge in [0.1, 0.15) is 0 Å². The number of anilines is 1. The highest BCUT2D eigenvalue weighted by Gasteiger charge is 2.39. The predicted molar refractivity (Wildman–Crippen MR) is 106 cm³/mol. The van der Waals surface area contributed by atoms with Crippen molar-refractivity contribution in [2.24, 2.45) is 18.9 Å². The Bertz CT molecular complexity index is 992. The number of nitrogens with one attached hydrogen (secondary N) is 1. The third-order valence-corrected chi connectivity index (χ3v) is 6.29. The van der Waals surface area contributed by atoms with E-state index >= 15 is 0 Å². The standard InChI is InChI=1S/C21H26N6/c1-12(2)19-16-10-15(11-23-20(16)26-27(19)3)17-6-7-22-21(24-17)25-18-9-13-4-5-14(18)8-13/h6-7,10-14,18H,4-5,8-9H2,1-3H3,(H,22,24,25). The van der Waals surface area contributed by atoms with Crippen LogP contribution in [0.5, 0.6) is 0 Å². The van der Waals surface area contributed by atoms with Crippen molar-refractivity contribution in [2.45, 2.75) is 51.5 Å². The van der Waals surface area contributed by atoms with Crippen LogP contribution in [0, 0.1) is 11.8 Å². The lowest BCUT2D eigenvalue weighted by atomic mass is 9.95. The highest BCUT2D eigenvalue weighted by Crippen LogP contribution is 2.45. The SMILES string of the molecule is CC(C)c1c2cc(-c3ccnc(NC4CC5CCC4C5)n3)cnc2nn1C. The van der Waals surface area contributed by atoms with E-state index in [1.165, 1.54) is 31.4 Å². The molecule has 3 heterocycles. The second kappa shape index (κ2) is 6.29. The molecule has 0 aliphatic heterocycles. The van der Waals surface area contributed by atoms with Gasteiger partial charge in [-0.2, -0.15) is 5.10 Å². The van der Waals surface area contributed by atoms with Crippen LogP contribution in [0.15, 0.2) is 24.5 Å². The smallest absolute Gasteiger partial charge is 0.223 e. The first-order valence-electron chi connectivity index (χ1n) is 10.0. The van der Waals surface area contributed by atoms with Crippen molar-refractivity contribution in [1.29, 1.82) is 0 Å². The zero-order valence-corrected chi connectivity index (χ0v) is 16.2. The molecule has 3 atom stereocenters. The fraction of sp³-hybridized carbons (Fsp3) is 0.524. The molecule has 140 valence electrons. The van der Waals surface area contributed by atoms with Crippen molar-refractivity contribution in [3.63, 3.8) is 0 Å². The topological polar surface area (TPSA) is 68.5 Å². The molecular weight excluding hydrogens is 336 g/mol. The van der Waals surface area contributed by atoms with E-state index in [1.54, 1.807) is 0 Å². The molecule has 6 nitrogen and oxygen atoms in total. The first-order chi connectivity index (χ1) is 13.1. The van der Waals surface area contributed by atoms with Crippen molar-refractivity contribution in [3.05, 3.63) is 30.2 Å². The summed E-state index contributed by atoms with van der Waals surface area (Å²) in [5, 5.41) is 9.23. The average Bonchev–Trinajstić information content (AvgIpc) is 3.34. The summed E-state index contributed by atoms with van der Waals surface area (Å²) >= 11 is 0. The van der Waals surface area contributed by atoms with Crippen LogP contribution in [0.4, 0.5) is 5.95 Å². The normalized spacial score (nSPS) is 24.2. The number of aryl methyl sites for hydroxylation is 1. The van der Waals surface area contributed by atoms with E-state index < -0.39 is 0 Å². The Hall–Kier alpha value is -2.50. The van der Waals surface area contributed by atoms with Crippen LogP contribution in [0.1, 0.15) is 51.1 Å². The Morgan fingerprint density at radius 2 is 2.07 bits per heavy atom. The molecule has 0 saturated heterocycles. The molecule has 0 amide bonds. The lowest BCUT2D eigenvalue weighted by Crippen LogP contribution is -2.26. The van der Waals surface area contributed by atoms with Gasteiger partial charge in [-0.3, -0.25) is 4.68 Å². The Morgan fingerprint density at radius 3 is 2.81 bits per heavy atom. The minimum atomic E-state index is 0.387. The highest BCUT2D eigenvalue weighted by molar-refractivity contribution is 5.83. The van der Waals surface area contributed by atoms with Gasteiger partial charge in [-0.25, -0.2) is 15.0 Å². The molecule has 3 aromatic heterocycles. The summed E-state index contributed by atoms with van der Waals surface area (Å²) in [4.78, 5) is 13.8. The van der Waals surface area contributed by atoms with Crippen molar-refractivity contribution < 1.29 is 0 Å². The van der Waals surface area contributed by atoms with Crippen molar-refractivity contribution >= 4 is 17.0 Å². The summed E-state index contributed by atoms with van der Waals surface area (Å²) in [7, 11) is 1.98. The molecular formula is C21H26N6. The van der Waals surface area contributed by atoms with E-state index in [-0.39, 0.29) is 0 Å². The fourth-order valence-corrected chi connectivity index (χ4v) is 5.10. The van der Waals surface area contributed by atoms with E-state index in [2.05, 4.69) is 40.3 Å². The monoisotopic (exact) mass is 362 g/mol. The van der Waals surface area contributed by atoms with Crippen LogP contribution < -0.4 is 5.32 Å². The van der Waals surface area contributed by atoms with Crippen molar-refractivity contribution in [3.8, 4) is 11.3 Å². The van der Waals surface area contributed by atoms with Gasteiger partial charge in [0.2, 0.25) is 5.95 Å². The number of aromatic nitrogens is 5. The highest BCUT2D eigenvalue weighted by atomic mass is 15.3. The van der Waals surface area contributed by atoms with E-state index in [1.807, 2.05) is 30.2 Å². The molecule has 0 aromatic carbocycles. The molecule has 2 aliphatic rings. The quantitative estimate of drug-likeness (QED) is 0.755. The van der Waals surface area contributed by atoms with E-state index in [0.29, 0.717) is 12.0 Å². The van der Waals surface area contributed by atoms with Crippen LogP contribution >= 0.6 is 0 Å². The first-order valence-corrected chi connectivity index (χ1v) is 10.0. The lowest BCUT2D eigenvalue weighted by Gasteiger charge is -2.22. The zero-order valence-electron chi connectivity index (χ0n) is 16.2. The van der Waals surface area contributed by atoms with Gasteiger partial charge in [0.25, 0.3) is 0 Å². The molecule has 0 radical (unpaired) electrons. The number of hydrogen-bond donors (Lipinski definition) is 1. The molecule has 3 unspecified atom stereocenters. The maximum absolute atomic E-state index is 4.79. The summed E-state index contributed by atoms with van der Waals surface area (Å²) in [5.74, 6) is 2.82. The van der Waals surface area contributed by atoms with Crippen molar-refractivity contribution in [1.82, 2.24) is 24.7 Å². The third-order valence-electron chi connectivity index (χ3n) is 6.29. The summed E-state index contributed by atoms with van der Waals surface area (Å²) in [6.07, 6.45) is 9.09. The average molecular weight is 362 g/mol. The number of fused-ring (bicyclic) bond motifs is 3. The molecule has 27 heavy (non-hydrogen) atoms. The molecule has 2 aliphatic carbocycles. The Balaban J connectivity index is 1.46. The van der Waals surface area contributed by atoms with Gasteiger partial charge in [0.15, 0.2) is 5.65 Å². The van der Waals surface area contributed by atoms with Gasteiger partial charge in [-0.1, -0.05) is 20.3 Å². The Labute approximate surface area is 159 Å². The molecule has 1 N–H and O–H groups in total. The summed E-state index contributed by atoms with van der Waals surface area (Å²) in [5.41, 5.74) is 3.91. The molecule has 2 bridgehead atoms. The molecule has 3 aromatic rings. The van der Waals surface area contributed by atoms with Crippen LogP contribution in [-0.4, -0.2) is 30.8 Å². The van der Waals surface area contributed by atoms with E-state index in [9.17, 15) is 0 Å². The second-order valence-corrected chi connectivity index (χ2v) is 8.45.